The smallest absolute Gasteiger partial charge is 0.212 e. The van der Waals surface area contributed by atoms with E-state index >= 15 is 0 Å². The number of hydrogen-bond donors (Lipinski definition) is 1. The van der Waals surface area contributed by atoms with E-state index in [1.54, 1.807) is 0 Å². The maximum Gasteiger partial charge on any atom is 0.212 e. The summed E-state index contributed by atoms with van der Waals surface area (Å²) in [5, 5.41) is 8.60. The van der Waals surface area contributed by atoms with Crippen LogP contribution in [0.3, 0.4) is 0 Å². The molecule has 0 unspecified atom stereocenters. The lowest BCUT2D eigenvalue weighted by molar-refractivity contribution is 0.261. The topological polar surface area (TPSA) is 39.1 Å². The van der Waals surface area contributed by atoms with Gasteiger partial charge in [-0.1, -0.05) is 36.6 Å². The van der Waals surface area contributed by atoms with E-state index in [1.165, 1.54) is 25.7 Å². The van der Waals surface area contributed by atoms with Gasteiger partial charge in [-0.15, -0.1) is 0 Å². The first-order valence-corrected chi connectivity index (χ1v) is 8.71. The number of ether oxygens (including phenoxy) is 1. The fraction of sp³-hybridized carbons (Fsp3) is 0.500. The molecule has 1 fully saturated rings. The molecule has 0 saturated heterocycles. The van der Waals surface area contributed by atoms with Crippen LogP contribution in [0.4, 0.5) is 0 Å². The van der Waals surface area contributed by atoms with Gasteiger partial charge in [0.25, 0.3) is 0 Å². The van der Waals surface area contributed by atoms with E-state index in [-0.39, 0.29) is 0 Å². The standard InChI is InChI=1S/C18H24ClN3O/c1-20-11-17-10-18(22(21-17)12-14-4-2-3-5-14)23-13-15-6-8-16(19)9-7-15/h6-10,14,20H,2-5,11-13H2,1H3. The van der Waals surface area contributed by atoms with Crippen molar-refractivity contribution in [3.05, 3.63) is 46.6 Å². The maximum absolute atomic E-state index is 6.03. The van der Waals surface area contributed by atoms with Crippen molar-refractivity contribution < 1.29 is 4.74 Å². The Morgan fingerprint density at radius 1 is 1.26 bits per heavy atom. The molecule has 1 aliphatic carbocycles. The zero-order chi connectivity index (χ0) is 16.1. The summed E-state index contributed by atoms with van der Waals surface area (Å²) in [7, 11) is 1.93. The molecule has 124 valence electrons. The van der Waals surface area contributed by atoms with E-state index in [0.29, 0.717) is 6.61 Å². The van der Waals surface area contributed by atoms with Crippen molar-refractivity contribution in [1.29, 1.82) is 0 Å². The lowest BCUT2D eigenvalue weighted by Crippen LogP contribution is -2.12. The molecular weight excluding hydrogens is 310 g/mol. The van der Waals surface area contributed by atoms with Crippen LogP contribution in [0.5, 0.6) is 5.88 Å². The molecule has 1 heterocycles. The highest BCUT2D eigenvalue weighted by molar-refractivity contribution is 6.30. The Morgan fingerprint density at radius 2 is 2.00 bits per heavy atom. The summed E-state index contributed by atoms with van der Waals surface area (Å²) in [6, 6.07) is 9.81. The number of benzene rings is 1. The Kier molecular flexibility index (Phi) is 5.57. The second kappa shape index (κ2) is 7.84. The highest BCUT2D eigenvalue weighted by Crippen LogP contribution is 2.28. The molecule has 0 radical (unpaired) electrons. The van der Waals surface area contributed by atoms with Crippen LogP contribution >= 0.6 is 11.6 Å². The van der Waals surface area contributed by atoms with Crippen LogP contribution in [0.25, 0.3) is 0 Å². The van der Waals surface area contributed by atoms with Crippen LogP contribution in [-0.2, 0) is 19.7 Å². The first-order valence-electron chi connectivity index (χ1n) is 8.33. The van der Waals surface area contributed by atoms with E-state index in [1.807, 2.05) is 42.1 Å². The average Bonchev–Trinajstić information content (AvgIpc) is 3.18. The van der Waals surface area contributed by atoms with Crippen molar-refractivity contribution in [3.63, 3.8) is 0 Å². The van der Waals surface area contributed by atoms with Crippen LogP contribution in [0.2, 0.25) is 5.02 Å². The molecule has 0 amide bonds. The lowest BCUT2D eigenvalue weighted by Gasteiger charge is -2.13. The molecule has 5 heteroatoms. The fourth-order valence-electron chi connectivity index (χ4n) is 3.14. The van der Waals surface area contributed by atoms with Crippen LogP contribution in [0.15, 0.2) is 30.3 Å². The van der Waals surface area contributed by atoms with Gasteiger partial charge in [-0.05, 0) is 43.5 Å². The van der Waals surface area contributed by atoms with Gasteiger partial charge in [0.15, 0.2) is 0 Å². The van der Waals surface area contributed by atoms with Crippen LogP contribution in [0.1, 0.15) is 36.9 Å². The van der Waals surface area contributed by atoms with Crippen molar-refractivity contribution in [2.24, 2.45) is 5.92 Å². The molecule has 23 heavy (non-hydrogen) atoms. The third-order valence-corrected chi connectivity index (χ3v) is 4.61. The van der Waals surface area contributed by atoms with Gasteiger partial charge < -0.3 is 10.1 Å². The van der Waals surface area contributed by atoms with E-state index < -0.39 is 0 Å². The quantitative estimate of drug-likeness (QED) is 0.831. The second-order valence-electron chi connectivity index (χ2n) is 6.25. The summed E-state index contributed by atoms with van der Waals surface area (Å²) in [6.07, 6.45) is 5.29. The summed E-state index contributed by atoms with van der Waals surface area (Å²) < 4.78 is 8.07. The van der Waals surface area contributed by atoms with E-state index in [0.717, 1.165) is 41.2 Å². The molecule has 1 aromatic heterocycles. The normalized spacial score (nSPS) is 15.2. The summed E-state index contributed by atoms with van der Waals surface area (Å²) in [5.41, 5.74) is 2.13. The Labute approximate surface area is 142 Å². The van der Waals surface area contributed by atoms with Crippen molar-refractivity contribution in [1.82, 2.24) is 15.1 Å². The summed E-state index contributed by atoms with van der Waals surface area (Å²) in [5.74, 6) is 1.59. The number of aromatic nitrogens is 2. The first kappa shape index (κ1) is 16.3. The molecule has 1 saturated carbocycles. The van der Waals surface area contributed by atoms with Gasteiger partial charge in [0.1, 0.15) is 6.61 Å². The Bertz CT molecular complexity index is 618. The highest BCUT2D eigenvalue weighted by atomic mass is 35.5. The van der Waals surface area contributed by atoms with Gasteiger partial charge in [-0.25, -0.2) is 4.68 Å². The first-order chi connectivity index (χ1) is 11.2. The molecule has 0 bridgehead atoms. The van der Waals surface area contributed by atoms with Gasteiger partial charge in [-0.3, -0.25) is 0 Å². The Balaban J connectivity index is 1.69. The minimum atomic E-state index is 0.534. The second-order valence-corrected chi connectivity index (χ2v) is 6.69. The largest absolute Gasteiger partial charge is 0.473 e. The zero-order valence-electron chi connectivity index (χ0n) is 13.6. The molecule has 0 spiro atoms. The number of halogens is 1. The van der Waals surface area contributed by atoms with E-state index in [4.69, 9.17) is 21.4 Å². The lowest BCUT2D eigenvalue weighted by atomic mass is 10.1. The molecule has 0 atom stereocenters. The third kappa shape index (κ3) is 4.49. The number of hydrogen-bond acceptors (Lipinski definition) is 3. The average molecular weight is 334 g/mol. The van der Waals surface area contributed by atoms with Crippen LogP contribution in [-0.4, -0.2) is 16.8 Å². The zero-order valence-corrected chi connectivity index (χ0v) is 14.4. The minimum absolute atomic E-state index is 0.534. The molecule has 1 aliphatic rings. The van der Waals surface area contributed by atoms with E-state index in [2.05, 4.69) is 5.32 Å². The highest BCUT2D eigenvalue weighted by Gasteiger charge is 2.18. The summed E-state index contributed by atoms with van der Waals surface area (Å²) in [4.78, 5) is 0. The number of nitrogens with zero attached hydrogens (tertiary/aromatic N) is 2. The molecule has 2 aromatic rings. The predicted molar refractivity (Wildman–Crippen MR) is 92.7 cm³/mol. The summed E-state index contributed by atoms with van der Waals surface area (Å²) in [6.45, 7) is 2.25. The molecule has 3 rings (SSSR count). The Hall–Kier alpha value is -1.52. The van der Waals surface area contributed by atoms with Crippen molar-refractivity contribution >= 4 is 11.6 Å². The SMILES string of the molecule is CNCc1cc(OCc2ccc(Cl)cc2)n(CC2CCCC2)n1. The van der Waals surface area contributed by atoms with Gasteiger partial charge >= 0.3 is 0 Å². The number of rotatable bonds is 7. The third-order valence-electron chi connectivity index (χ3n) is 4.36. The van der Waals surface area contributed by atoms with Crippen LogP contribution < -0.4 is 10.1 Å². The monoisotopic (exact) mass is 333 g/mol. The van der Waals surface area contributed by atoms with Crippen molar-refractivity contribution in [2.45, 2.75) is 45.4 Å². The van der Waals surface area contributed by atoms with Crippen molar-refractivity contribution in [3.8, 4) is 5.88 Å². The maximum atomic E-state index is 6.03. The van der Waals surface area contributed by atoms with Crippen LogP contribution in [0, 0.1) is 5.92 Å². The Morgan fingerprint density at radius 3 is 2.70 bits per heavy atom. The molecular formula is C18H24ClN3O. The fourth-order valence-corrected chi connectivity index (χ4v) is 3.27. The molecule has 1 N–H and O–H groups in total. The molecule has 0 aliphatic heterocycles. The summed E-state index contributed by atoms with van der Waals surface area (Å²) >= 11 is 5.93. The number of nitrogens with one attached hydrogen (secondary N) is 1. The molecule has 1 aromatic carbocycles. The van der Waals surface area contributed by atoms with Crippen molar-refractivity contribution in [2.75, 3.05) is 7.05 Å². The predicted octanol–water partition coefficient (Wildman–Crippen LogP) is 4.03. The van der Waals surface area contributed by atoms with Gasteiger partial charge in [0, 0.05) is 24.2 Å². The van der Waals surface area contributed by atoms with Gasteiger partial charge in [0.05, 0.1) is 5.69 Å². The molecule has 4 nitrogen and oxygen atoms in total. The van der Waals surface area contributed by atoms with E-state index in [9.17, 15) is 0 Å². The van der Waals surface area contributed by atoms with Gasteiger partial charge in [-0.2, -0.15) is 5.10 Å². The minimum Gasteiger partial charge on any atom is -0.473 e. The van der Waals surface area contributed by atoms with Gasteiger partial charge in [0.2, 0.25) is 5.88 Å².